The van der Waals surface area contributed by atoms with Gasteiger partial charge >= 0.3 is 0 Å². The van der Waals surface area contributed by atoms with Gasteiger partial charge in [0, 0.05) is 16.6 Å². The summed E-state index contributed by atoms with van der Waals surface area (Å²) in [4.78, 5) is 5.40. The molecule has 0 saturated carbocycles. The molecule has 0 spiro atoms. The van der Waals surface area contributed by atoms with Crippen LogP contribution in [0.4, 0.5) is 5.82 Å². The third-order valence-electron chi connectivity index (χ3n) is 2.32. The number of rotatable bonds is 1. The number of thiophene rings is 1. The highest BCUT2D eigenvalue weighted by molar-refractivity contribution is 7.10. The van der Waals surface area contributed by atoms with Crippen molar-refractivity contribution >= 4 is 17.2 Å². The van der Waals surface area contributed by atoms with Crippen molar-refractivity contribution in [1.29, 1.82) is 0 Å². The lowest BCUT2D eigenvalue weighted by Crippen LogP contribution is -1.95. The van der Waals surface area contributed by atoms with E-state index >= 15 is 0 Å². The van der Waals surface area contributed by atoms with Gasteiger partial charge in [0.1, 0.15) is 5.82 Å². The van der Waals surface area contributed by atoms with Gasteiger partial charge in [0.2, 0.25) is 0 Å². The fraction of sp³-hybridized carbons (Fsp3) is 0.182. The van der Waals surface area contributed by atoms with Gasteiger partial charge in [0.25, 0.3) is 0 Å². The van der Waals surface area contributed by atoms with Gasteiger partial charge in [-0.2, -0.15) is 0 Å². The lowest BCUT2D eigenvalue weighted by atomic mass is 10.0. The highest BCUT2D eigenvalue weighted by Crippen LogP contribution is 2.32. The van der Waals surface area contributed by atoms with Gasteiger partial charge in [-0.3, -0.25) is 0 Å². The summed E-state index contributed by atoms with van der Waals surface area (Å²) < 4.78 is 0. The first-order valence-electron chi connectivity index (χ1n) is 4.45. The van der Waals surface area contributed by atoms with E-state index in [2.05, 4.69) is 30.3 Å². The number of anilines is 1. The molecule has 2 aromatic rings. The highest BCUT2D eigenvalue weighted by atomic mass is 32.1. The molecule has 72 valence electrons. The molecule has 0 aromatic carbocycles. The molecule has 0 fully saturated rings. The van der Waals surface area contributed by atoms with Crippen LogP contribution in [0.3, 0.4) is 0 Å². The number of nitrogen functional groups attached to an aromatic ring is 1. The first-order valence-corrected chi connectivity index (χ1v) is 5.33. The Morgan fingerprint density at radius 2 is 2.07 bits per heavy atom. The lowest BCUT2D eigenvalue weighted by Gasteiger charge is -2.07. The molecule has 0 unspecified atom stereocenters. The third kappa shape index (κ3) is 1.40. The van der Waals surface area contributed by atoms with Crippen LogP contribution in [-0.4, -0.2) is 4.98 Å². The molecule has 0 bridgehead atoms. The number of hydrogen-bond acceptors (Lipinski definition) is 3. The Hall–Kier alpha value is -1.35. The van der Waals surface area contributed by atoms with Crippen molar-refractivity contribution in [3.63, 3.8) is 0 Å². The second-order valence-electron chi connectivity index (χ2n) is 3.28. The molecule has 14 heavy (non-hydrogen) atoms. The molecule has 0 aliphatic rings. The van der Waals surface area contributed by atoms with Crippen LogP contribution in [0.15, 0.2) is 23.7 Å². The lowest BCUT2D eigenvalue weighted by molar-refractivity contribution is 1.29. The van der Waals surface area contributed by atoms with Gasteiger partial charge in [-0.05, 0) is 42.5 Å². The molecule has 0 radical (unpaired) electrons. The van der Waals surface area contributed by atoms with Gasteiger partial charge in [0.05, 0.1) is 0 Å². The number of nitrogens with zero attached hydrogens (tertiary/aromatic N) is 1. The van der Waals surface area contributed by atoms with Crippen molar-refractivity contribution in [3.8, 4) is 11.1 Å². The summed E-state index contributed by atoms with van der Waals surface area (Å²) >= 11 is 1.73. The summed E-state index contributed by atoms with van der Waals surface area (Å²) in [7, 11) is 0. The van der Waals surface area contributed by atoms with Crippen molar-refractivity contribution < 1.29 is 0 Å². The fourth-order valence-electron chi connectivity index (χ4n) is 1.57. The van der Waals surface area contributed by atoms with E-state index in [9.17, 15) is 0 Å². The molecule has 2 aromatic heterocycles. The van der Waals surface area contributed by atoms with Crippen LogP contribution >= 0.6 is 11.3 Å². The largest absolute Gasteiger partial charge is 0.383 e. The number of nitrogens with two attached hydrogens (primary N) is 1. The van der Waals surface area contributed by atoms with Crippen molar-refractivity contribution in [3.05, 3.63) is 34.2 Å². The van der Waals surface area contributed by atoms with Crippen LogP contribution in [0.5, 0.6) is 0 Å². The maximum Gasteiger partial charge on any atom is 0.131 e. The van der Waals surface area contributed by atoms with Crippen LogP contribution in [0, 0.1) is 13.8 Å². The number of hydrogen-bond donors (Lipinski definition) is 1. The average molecular weight is 204 g/mol. The molecule has 0 saturated heterocycles. The Bertz CT molecular complexity index is 440. The van der Waals surface area contributed by atoms with E-state index in [0.717, 1.165) is 5.56 Å². The smallest absolute Gasteiger partial charge is 0.131 e. The topological polar surface area (TPSA) is 38.9 Å². The molecular weight excluding hydrogens is 192 g/mol. The van der Waals surface area contributed by atoms with Gasteiger partial charge in [0.15, 0.2) is 0 Å². The van der Waals surface area contributed by atoms with Crippen LogP contribution in [-0.2, 0) is 0 Å². The van der Waals surface area contributed by atoms with Crippen molar-refractivity contribution in [2.45, 2.75) is 13.8 Å². The minimum atomic E-state index is 0.617. The van der Waals surface area contributed by atoms with Gasteiger partial charge < -0.3 is 5.73 Å². The zero-order valence-electron chi connectivity index (χ0n) is 8.24. The summed E-state index contributed by atoms with van der Waals surface area (Å²) in [6, 6.07) is 4.09. The van der Waals surface area contributed by atoms with Crippen molar-refractivity contribution in [2.24, 2.45) is 0 Å². The Kier molecular flexibility index (Phi) is 2.25. The maximum absolute atomic E-state index is 5.88. The Balaban J connectivity index is 2.68. The van der Waals surface area contributed by atoms with Gasteiger partial charge in [-0.1, -0.05) is 0 Å². The Morgan fingerprint density at radius 3 is 2.64 bits per heavy atom. The van der Waals surface area contributed by atoms with Crippen LogP contribution in [0.2, 0.25) is 0 Å². The van der Waals surface area contributed by atoms with Crippen molar-refractivity contribution in [2.75, 3.05) is 5.73 Å². The van der Waals surface area contributed by atoms with Crippen LogP contribution < -0.4 is 5.73 Å². The SMILES string of the molecule is Cc1ccnc(N)c1-c1ccsc1C. The standard InChI is InChI=1S/C11H12N2S/c1-7-3-5-13-11(12)10(7)9-4-6-14-8(9)2/h3-6H,1-2H3,(H2,12,13). The highest BCUT2D eigenvalue weighted by Gasteiger charge is 2.09. The Morgan fingerprint density at radius 1 is 1.29 bits per heavy atom. The number of aromatic nitrogens is 1. The molecule has 0 aliphatic heterocycles. The van der Waals surface area contributed by atoms with Crippen molar-refractivity contribution in [1.82, 2.24) is 4.98 Å². The van der Waals surface area contributed by atoms with E-state index in [1.165, 1.54) is 16.0 Å². The molecule has 2 nitrogen and oxygen atoms in total. The molecule has 0 aliphatic carbocycles. The zero-order chi connectivity index (χ0) is 10.1. The van der Waals surface area contributed by atoms with E-state index in [4.69, 9.17) is 5.73 Å². The first-order chi connectivity index (χ1) is 6.70. The third-order valence-corrected chi connectivity index (χ3v) is 3.16. The minimum absolute atomic E-state index is 0.617. The van der Waals surface area contributed by atoms with E-state index in [0.29, 0.717) is 5.82 Å². The summed E-state index contributed by atoms with van der Waals surface area (Å²) in [5, 5.41) is 2.08. The molecule has 2 rings (SSSR count). The fourth-order valence-corrected chi connectivity index (χ4v) is 2.28. The van der Waals surface area contributed by atoms with Gasteiger partial charge in [-0.25, -0.2) is 4.98 Å². The summed E-state index contributed by atoms with van der Waals surface area (Å²) in [6.07, 6.45) is 1.75. The summed E-state index contributed by atoms with van der Waals surface area (Å²) in [6.45, 7) is 4.16. The van der Waals surface area contributed by atoms with Crippen LogP contribution in [0.1, 0.15) is 10.4 Å². The second-order valence-corrected chi connectivity index (χ2v) is 4.40. The number of pyridine rings is 1. The first kappa shape index (κ1) is 9.21. The molecule has 3 heteroatoms. The molecular formula is C11H12N2S. The summed E-state index contributed by atoms with van der Waals surface area (Å²) in [5.41, 5.74) is 9.34. The molecule has 0 atom stereocenters. The predicted octanol–water partition coefficient (Wildman–Crippen LogP) is 3.01. The van der Waals surface area contributed by atoms with E-state index in [1.807, 2.05) is 6.07 Å². The second kappa shape index (κ2) is 3.42. The van der Waals surface area contributed by atoms with Crippen LogP contribution in [0.25, 0.3) is 11.1 Å². The molecule has 0 amide bonds. The number of aryl methyl sites for hydroxylation is 2. The van der Waals surface area contributed by atoms with E-state index in [-0.39, 0.29) is 0 Å². The molecule has 2 heterocycles. The molecule has 2 N–H and O–H groups in total. The Labute approximate surface area is 87.4 Å². The van der Waals surface area contributed by atoms with E-state index < -0.39 is 0 Å². The maximum atomic E-state index is 5.88. The zero-order valence-corrected chi connectivity index (χ0v) is 9.06. The monoisotopic (exact) mass is 204 g/mol. The normalized spacial score (nSPS) is 10.4. The quantitative estimate of drug-likeness (QED) is 0.775. The van der Waals surface area contributed by atoms with Gasteiger partial charge in [-0.15, -0.1) is 11.3 Å². The van der Waals surface area contributed by atoms with E-state index in [1.54, 1.807) is 17.5 Å². The summed E-state index contributed by atoms with van der Waals surface area (Å²) in [5.74, 6) is 0.617. The minimum Gasteiger partial charge on any atom is -0.383 e. The average Bonchev–Trinajstić information content (AvgIpc) is 2.52. The predicted molar refractivity (Wildman–Crippen MR) is 61.4 cm³/mol.